The molecule has 0 aliphatic heterocycles. The lowest BCUT2D eigenvalue weighted by Gasteiger charge is -2.10. The number of thiophene rings is 1. The highest BCUT2D eigenvalue weighted by Gasteiger charge is 2.18. The highest BCUT2D eigenvalue weighted by atomic mass is 32.1. The molecule has 0 spiro atoms. The van der Waals surface area contributed by atoms with Gasteiger partial charge in [-0.3, -0.25) is 0 Å². The topological polar surface area (TPSA) is 59.1 Å². The predicted molar refractivity (Wildman–Crippen MR) is 98.6 cm³/mol. The van der Waals surface area contributed by atoms with E-state index in [9.17, 15) is 5.26 Å². The number of aromatic nitrogens is 1. The Morgan fingerprint density at radius 3 is 2.80 bits per heavy atom. The van der Waals surface area contributed by atoms with Crippen LogP contribution in [0.1, 0.15) is 12.5 Å². The molecule has 0 bridgehead atoms. The van der Waals surface area contributed by atoms with Gasteiger partial charge in [0, 0.05) is 15.8 Å². The zero-order valence-corrected chi connectivity index (χ0v) is 14.3. The van der Waals surface area contributed by atoms with Crippen LogP contribution in [0, 0.1) is 11.3 Å². The van der Waals surface area contributed by atoms with Gasteiger partial charge in [-0.25, -0.2) is 4.98 Å². The van der Waals surface area contributed by atoms with E-state index in [0.29, 0.717) is 29.5 Å². The zero-order chi connectivity index (χ0) is 17.2. The first-order chi connectivity index (χ1) is 12.3. The average Bonchev–Trinajstić information content (AvgIpc) is 3.31. The standard InChI is InChI=1S/C20H14N2O2S/c1-2-23-20-15(12-21)14(19-8-5-9-25-19)11-16(22-20)18-10-13-6-3-4-7-17(13)24-18/h3-11H,2H2,1H3. The number of hydrogen-bond acceptors (Lipinski definition) is 5. The molecule has 0 unspecified atom stereocenters. The Bertz CT molecular complexity index is 1040. The van der Waals surface area contributed by atoms with E-state index in [1.54, 1.807) is 11.3 Å². The summed E-state index contributed by atoms with van der Waals surface area (Å²) in [5.41, 5.74) is 2.72. The number of nitriles is 1. The number of nitrogens with zero attached hydrogens (tertiary/aromatic N) is 2. The molecule has 0 amide bonds. The van der Waals surface area contributed by atoms with Gasteiger partial charge in [0.25, 0.3) is 0 Å². The molecule has 4 aromatic rings. The minimum Gasteiger partial charge on any atom is -0.477 e. The van der Waals surface area contributed by atoms with E-state index in [0.717, 1.165) is 21.4 Å². The molecule has 0 saturated heterocycles. The van der Waals surface area contributed by atoms with Gasteiger partial charge in [-0.15, -0.1) is 11.3 Å². The summed E-state index contributed by atoms with van der Waals surface area (Å²) < 4.78 is 11.6. The van der Waals surface area contributed by atoms with E-state index in [1.807, 2.05) is 60.8 Å². The summed E-state index contributed by atoms with van der Waals surface area (Å²) in [6.07, 6.45) is 0. The van der Waals surface area contributed by atoms with Crippen LogP contribution in [0.5, 0.6) is 5.88 Å². The number of pyridine rings is 1. The summed E-state index contributed by atoms with van der Waals surface area (Å²) in [6.45, 7) is 2.32. The predicted octanol–water partition coefficient (Wildman–Crippen LogP) is 5.49. The highest BCUT2D eigenvalue weighted by Crippen LogP contribution is 2.36. The number of para-hydroxylation sites is 1. The Morgan fingerprint density at radius 1 is 1.20 bits per heavy atom. The van der Waals surface area contributed by atoms with Crippen molar-refractivity contribution in [2.45, 2.75) is 6.92 Å². The Labute approximate surface area is 148 Å². The van der Waals surface area contributed by atoms with Crippen LogP contribution >= 0.6 is 11.3 Å². The minimum atomic E-state index is 0.339. The van der Waals surface area contributed by atoms with Crippen LogP contribution in [-0.2, 0) is 0 Å². The Hall–Kier alpha value is -3.10. The second-order valence-corrected chi connectivity index (χ2v) is 6.35. The van der Waals surface area contributed by atoms with Crippen LogP contribution in [0.3, 0.4) is 0 Å². The van der Waals surface area contributed by atoms with Gasteiger partial charge in [0.1, 0.15) is 22.9 Å². The number of hydrogen-bond donors (Lipinski definition) is 0. The molecule has 3 heterocycles. The van der Waals surface area contributed by atoms with Crippen LogP contribution in [-0.4, -0.2) is 11.6 Å². The van der Waals surface area contributed by atoms with Crippen molar-refractivity contribution >= 4 is 22.3 Å². The van der Waals surface area contributed by atoms with Crippen LogP contribution < -0.4 is 4.74 Å². The molecule has 0 aliphatic carbocycles. The van der Waals surface area contributed by atoms with E-state index < -0.39 is 0 Å². The third kappa shape index (κ3) is 2.77. The number of ether oxygens (including phenoxy) is 1. The molecule has 0 fully saturated rings. The highest BCUT2D eigenvalue weighted by molar-refractivity contribution is 7.13. The fourth-order valence-electron chi connectivity index (χ4n) is 2.73. The number of furan rings is 1. The van der Waals surface area contributed by atoms with Crippen molar-refractivity contribution in [3.63, 3.8) is 0 Å². The van der Waals surface area contributed by atoms with Gasteiger partial charge in [-0.2, -0.15) is 5.26 Å². The van der Waals surface area contributed by atoms with Crippen molar-refractivity contribution in [3.05, 3.63) is 59.5 Å². The van der Waals surface area contributed by atoms with Crippen LogP contribution in [0.4, 0.5) is 0 Å². The molecule has 0 saturated carbocycles. The third-order valence-electron chi connectivity index (χ3n) is 3.84. The molecular formula is C20H14N2O2S. The zero-order valence-electron chi connectivity index (χ0n) is 13.5. The molecular weight excluding hydrogens is 332 g/mol. The molecule has 0 atom stereocenters. The second kappa shape index (κ2) is 6.42. The molecule has 1 aromatic carbocycles. The van der Waals surface area contributed by atoms with Crippen LogP contribution in [0.25, 0.3) is 32.9 Å². The van der Waals surface area contributed by atoms with Crippen LogP contribution in [0.15, 0.2) is 58.3 Å². The van der Waals surface area contributed by atoms with Crippen molar-refractivity contribution < 1.29 is 9.15 Å². The monoisotopic (exact) mass is 346 g/mol. The smallest absolute Gasteiger partial charge is 0.233 e. The molecule has 122 valence electrons. The number of benzene rings is 1. The van der Waals surface area contributed by atoms with Gasteiger partial charge < -0.3 is 9.15 Å². The third-order valence-corrected chi connectivity index (χ3v) is 4.75. The lowest BCUT2D eigenvalue weighted by Crippen LogP contribution is -2.00. The first kappa shape index (κ1) is 15.4. The molecule has 0 radical (unpaired) electrons. The fourth-order valence-corrected chi connectivity index (χ4v) is 3.48. The average molecular weight is 346 g/mol. The first-order valence-electron chi connectivity index (χ1n) is 7.91. The van der Waals surface area contributed by atoms with Crippen molar-refractivity contribution in [2.75, 3.05) is 6.61 Å². The summed E-state index contributed by atoms with van der Waals surface area (Å²) >= 11 is 1.58. The van der Waals surface area contributed by atoms with Gasteiger partial charge in [0.2, 0.25) is 5.88 Å². The molecule has 4 nitrogen and oxygen atoms in total. The lowest BCUT2D eigenvalue weighted by molar-refractivity contribution is 0.326. The first-order valence-corrected chi connectivity index (χ1v) is 8.79. The van der Waals surface area contributed by atoms with Crippen molar-refractivity contribution in [1.82, 2.24) is 4.98 Å². The Kier molecular flexibility index (Phi) is 3.96. The van der Waals surface area contributed by atoms with E-state index >= 15 is 0 Å². The summed E-state index contributed by atoms with van der Waals surface area (Å²) in [4.78, 5) is 5.53. The van der Waals surface area contributed by atoms with Gasteiger partial charge in [0.05, 0.1) is 6.61 Å². The summed E-state index contributed by atoms with van der Waals surface area (Å²) in [6, 6.07) is 17.8. The van der Waals surface area contributed by atoms with Gasteiger partial charge >= 0.3 is 0 Å². The molecule has 5 heteroatoms. The summed E-state index contributed by atoms with van der Waals surface area (Å²) in [5.74, 6) is 0.996. The molecule has 25 heavy (non-hydrogen) atoms. The molecule has 0 aliphatic rings. The largest absolute Gasteiger partial charge is 0.477 e. The van der Waals surface area contributed by atoms with Crippen molar-refractivity contribution in [2.24, 2.45) is 0 Å². The van der Waals surface area contributed by atoms with Gasteiger partial charge in [0.15, 0.2) is 5.76 Å². The normalized spacial score (nSPS) is 10.7. The van der Waals surface area contributed by atoms with E-state index in [4.69, 9.17) is 9.15 Å². The van der Waals surface area contributed by atoms with E-state index in [1.165, 1.54) is 0 Å². The SMILES string of the molecule is CCOc1nc(-c2cc3ccccc3o2)cc(-c2cccs2)c1C#N. The second-order valence-electron chi connectivity index (χ2n) is 5.41. The molecule has 3 aromatic heterocycles. The van der Waals surface area contributed by atoms with Crippen molar-refractivity contribution in [1.29, 1.82) is 5.26 Å². The quantitative estimate of drug-likeness (QED) is 0.490. The maximum atomic E-state index is 9.61. The van der Waals surface area contributed by atoms with E-state index in [-0.39, 0.29) is 0 Å². The summed E-state index contributed by atoms with van der Waals surface area (Å²) in [7, 11) is 0. The lowest BCUT2D eigenvalue weighted by atomic mass is 10.1. The van der Waals surface area contributed by atoms with Gasteiger partial charge in [-0.1, -0.05) is 24.3 Å². The van der Waals surface area contributed by atoms with Gasteiger partial charge in [-0.05, 0) is 36.6 Å². The molecule has 0 N–H and O–H groups in total. The Balaban J connectivity index is 1.95. The number of fused-ring (bicyclic) bond motifs is 1. The van der Waals surface area contributed by atoms with E-state index in [2.05, 4.69) is 11.1 Å². The maximum absolute atomic E-state index is 9.61. The minimum absolute atomic E-state index is 0.339. The molecule has 4 rings (SSSR count). The number of rotatable bonds is 4. The fraction of sp³-hybridized carbons (Fsp3) is 0.100. The summed E-state index contributed by atoms with van der Waals surface area (Å²) in [5, 5.41) is 12.6. The maximum Gasteiger partial charge on any atom is 0.233 e. The van der Waals surface area contributed by atoms with Crippen LogP contribution in [0.2, 0.25) is 0 Å². The van der Waals surface area contributed by atoms with Crippen molar-refractivity contribution in [3.8, 4) is 33.8 Å². The Morgan fingerprint density at radius 2 is 2.08 bits per heavy atom.